The summed E-state index contributed by atoms with van der Waals surface area (Å²) in [4.78, 5) is 11.2. The number of hydrogen-bond donors (Lipinski definition) is 1. The number of allylic oxidation sites excluding steroid dienone is 2. The van der Waals surface area contributed by atoms with Gasteiger partial charge in [-0.15, -0.1) is 0 Å². The number of aliphatic hydroxyl groups is 1. The van der Waals surface area contributed by atoms with Gasteiger partial charge in [-0.05, 0) is 21.3 Å². The zero-order valence-corrected chi connectivity index (χ0v) is 11.2. The molecule has 4 heteroatoms. The Bertz CT molecular complexity index is 233. The number of carbonyl (C=O) groups is 1. The van der Waals surface area contributed by atoms with Crippen LogP contribution in [-0.2, 0) is 4.79 Å². The first kappa shape index (κ1) is 12.7. The fourth-order valence-electron chi connectivity index (χ4n) is 1.27. The van der Waals surface area contributed by atoms with Gasteiger partial charge in [-0.25, -0.2) is 0 Å². The van der Waals surface area contributed by atoms with Crippen molar-refractivity contribution in [2.45, 2.75) is 26.7 Å². The predicted molar refractivity (Wildman–Crippen MR) is 52.4 cm³/mol. The Morgan fingerprint density at radius 3 is 2.33 bits per heavy atom. The Morgan fingerprint density at radius 1 is 1.42 bits per heavy atom. The van der Waals surface area contributed by atoms with Gasteiger partial charge in [0.1, 0.15) is 5.76 Å². The number of Topliss-reactive ketones (excluding diaryl/α,β-unsaturated/α-hetero) is 1. The Balaban J connectivity index is 0.00000121. The van der Waals surface area contributed by atoms with Crippen LogP contribution in [0.1, 0.15) is 26.7 Å². The summed E-state index contributed by atoms with van der Waals surface area (Å²) in [5, 5.41) is 9.30. The van der Waals surface area contributed by atoms with E-state index in [2.05, 4.69) is 15.9 Å². The zero-order chi connectivity index (χ0) is 8.65. The average molecular weight is 242 g/mol. The van der Waals surface area contributed by atoms with E-state index < -0.39 is 0 Å². The quantitative estimate of drug-likeness (QED) is 0.661. The van der Waals surface area contributed by atoms with Gasteiger partial charge in [-0.1, -0.05) is 13.8 Å². The van der Waals surface area contributed by atoms with Crippen molar-refractivity contribution >= 4 is 51.3 Å². The van der Waals surface area contributed by atoms with Gasteiger partial charge in [0.05, 0.1) is 4.48 Å². The number of hydrogen-bond acceptors (Lipinski definition) is 2. The van der Waals surface area contributed by atoms with Gasteiger partial charge >= 0.3 is 0 Å². The van der Waals surface area contributed by atoms with E-state index in [1.807, 2.05) is 13.8 Å². The first-order chi connectivity index (χ1) is 4.92. The summed E-state index contributed by atoms with van der Waals surface area (Å²) in [5.41, 5.74) is -0.0849. The minimum Gasteiger partial charge on any atom is -0.511 e. The molecule has 1 rings (SSSR count). The molecule has 12 heavy (non-hydrogen) atoms. The third-order valence-corrected chi connectivity index (χ3v) is 2.68. The van der Waals surface area contributed by atoms with Crippen molar-refractivity contribution in [3.8, 4) is 0 Å². The van der Waals surface area contributed by atoms with Gasteiger partial charge in [-0.3, -0.25) is 4.79 Å². The van der Waals surface area contributed by atoms with Gasteiger partial charge in [0, 0.05) is 42.4 Å². The van der Waals surface area contributed by atoms with Crippen LogP contribution in [0.15, 0.2) is 10.2 Å². The van der Waals surface area contributed by atoms with Crippen molar-refractivity contribution in [1.82, 2.24) is 0 Å². The van der Waals surface area contributed by atoms with E-state index >= 15 is 0 Å². The normalized spacial score (nSPS) is 22.1. The van der Waals surface area contributed by atoms with Gasteiger partial charge in [-0.2, -0.15) is 0 Å². The van der Waals surface area contributed by atoms with Crippen LogP contribution in [0.3, 0.4) is 0 Å². The molecule has 1 N–H and O–H groups in total. The molecule has 0 aromatic heterocycles. The Labute approximate surface area is 103 Å². The molecule has 1 aliphatic rings. The van der Waals surface area contributed by atoms with Crippen molar-refractivity contribution in [2.75, 3.05) is 0 Å². The summed E-state index contributed by atoms with van der Waals surface area (Å²) in [6.45, 7) is 3.95. The number of rotatable bonds is 0. The van der Waals surface area contributed by atoms with Crippen LogP contribution in [0.4, 0.5) is 0 Å². The van der Waals surface area contributed by atoms with E-state index in [1.165, 1.54) is 0 Å². The number of halogens is 1. The summed E-state index contributed by atoms with van der Waals surface area (Å²) >= 11 is 3.05. The summed E-state index contributed by atoms with van der Waals surface area (Å²) in [6, 6.07) is 0. The maximum absolute atomic E-state index is 11.2. The largest absolute Gasteiger partial charge is 0.511 e. The number of carbonyl (C=O) groups excluding carboxylic acids is 1. The summed E-state index contributed by atoms with van der Waals surface area (Å²) in [6.07, 6.45) is 1.09. The third-order valence-electron chi connectivity index (χ3n) is 1.78. The molecule has 0 unspecified atom stereocenters. The second-order valence-corrected chi connectivity index (χ2v) is 4.49. The predicted octanol–water partition coefficient (Wildman–Crippen LogP) is 2.16. The molecule has 0 saturated heterocycles. The molecular weight excluding hydrogens is 231 g/mol. The SMILES string of the molecule is CC1(C)CC(=O)C(Br)=C(O)C1.[Na]. The second kappa shape index (κ2) is 4.27. The summed E-state index contributed by atoms with van der Waals surface area (Å²) in [5.74, 6) is 0.185. The van der Waals surface area contributed by atoms with Crippen molar-refractivity contribution in [2.24, 2.45) is 5.41 Å². The van der Waals surface area contributed by atoms with E-state index in [1.54, 1.807) is 0 Å². The van der Waals surface area contributed by atoms with E-state index in [4.69, 9.17) is 0 Å². The maximum atomic E-state index is 11.2. The smallest absolute Gasteiger partial charge is 0.173 e. The molecule has 0 aliphatic heterocycles. The molecule has 0 aromatic carbocycles. The number of ketones is 1. The molecule has 0 saturated carbocycles. The Morgan fingerprint density at radius 2 is 1.92 bits per heavy atom. The molecule has 63 valence electrons. The molecule has 2 nitrogen and oxygen atoms in total. The standard InChI is InChI=1S/C8H11BrO2.Na/c1-8(2)3-5(10)7(9)6(11)4-8;/h10H,3-4H2,1-2H3;. The van der Waals surface area contributed by atoms with Gasteiger partial charge < -0.3 is 5.11 Å². The van der Waals surface area contributed by atoms with Crippen LogP contribution in [0, 0.1) is 5.41 Å². The first-order valence-electron chi connectivity index (χ1n) is 3.53. The minimum atomic E-state index is -0.0849. The van der Waals surface area contributed by atoms with Crippen LogP contribution in [-0.4, -0.2) is 40.4 Å². The summed E-state index contributed by atoms with van der Waals surface area (Å²) < 4.78 is 0.358. The van der Waals surface area contributed by atoms with Gasteiger partial charge in [0.25, 0.3) is 0 Å². The van der Waals surface area contributed by atoms with E-state index in [-0.39, 0.29) is 46.5 Å². The van der Waals surface area contributed by atoms with Crippen molar-refractivity contribution in [3.05, 3.63) is 10.2 Å². The minimum absolute atomic E-state index is 0. The molecular formula is C8H11BrNaO2. The molecule has 0 bridgehead atoms. The molecule has 0 amide bonds. The average Bonchev–Trinajstić information content (AvgIpc) is 1.81. The van der Waals surface area contributed by atoms with Crippen LogP contribution in [0.2, 0.25) is 0 Å². The molecule has 1 radical (unpaired) electrons. The molecule has 0 aromatic rings. The van der Waals surface area contributed by atoms with Crippen LogP contribution in [0.25, 0.3) is 0 Å². The fourth-order valence-corrected chi connectivity index (χ4v) is 1.55. The second-order valence-electron chi connectivity index (χ2n) is 3.70. The molecule has 0 fully saturated rings. The maximum Gasteiger partial charge on any atom is 0.173 e. The van der Waals surface area contributed by atoms with E-state index in [9.17, 15) is 9.90 Å². The Hall–Kier alpha value is 0.690. The van der Waals surface area contributed by atoms with Gasteiger partial charge in [0.15, 0.2) is 5.78 Å². The van der Waals surface area contributed by atoms with E-state index in [0.717, 1.165) is 0 Å². The molecule has 0 atom stereocenters. The third kappa shape index (κ3) is 2.87. The first-order valence-corrected chi connectivity index (χ1v) is 4.32. The van der Waals surface area contributed by atoms with Crippen molar-refractivity contribution < 1.29 is 9.90 Å². The van der Waals surface area contributed by atoms with Crippen molar-refractivity contribution in [1.29, 1.82) is 0 Å². The van der Waals surface area contributed by atoms with Gasteiger partial charge in [0.2, 0.25) is 0 Å². The number of aliphatic hydroxyl groups excluding tert-OH is 1. The van der Waals surface area contributed by atoms with Crippen LogP contribution >= 0.6 is 15.9 Å². The Kier molecular flexibility index (Phi) is 4.51. The van der Waals surface area contributed by atoms with Crippen LogP contribution in [0.5, 0.6) is 0 Å². The fraction of sp³-hybridized carbons (Fsp3) is 0.625. The van der Waals surface area contributed by atoms with Crippen molar-refractivity contribution in [3.63, 3.8) is 0 Å². The van der Waals surface area contributed by atoms with E-state index in [0.29, 0.717) is 17.3 Å². The topological polar surface area (TPSA) is 37.3 Å². The monoisotopic (exact) mass is 241 g/mol. The summed E-state index contributed by atoms with van der Waals surface area (Å²) in [7, 11) is 0. The van der Waals surface area contributed by atoms with Crippen LogP contribution < -0.4 is 0 Å². The zero-order valence-electron chi connectivity index (χ0n) is 7.65. The molecule has 1 aliphatic carbocycles. The molecule has 0 spiro atoms. The molecule has 0 heterocycles.